The van der Waals surface area contributed by atoms with Crippen LogP contribution in [0.5, 0.6) is 0 Å². The Kier molecular flexibility index (Phi) is 2.73. The molecule has 1 fully saturated rings. The highest BCUT2D eigenvalue weighted by molar-refractivity contribution is 5.75. The Morgan fingerprint density at radius 3 is 2.67 bits per heavy atom. The van der Waals surface area contributed by atoms with Crippen molar-refractivity contribution in [3.63, 3.8) is 0 Å². The summed E-state index contributed by atoms with van der Waals surface area (Å²) >= 11 is 0. The summed E-state index contributed by atoms with van der Waals surface area (Å²) in [5, 5.41) is 3.24. The van der Waals surface area contributed by atoms with Crippen LogP contribution in [0.25, 0.3) is 0 Å². The molecule has 0 heterocycles. The molecule has 1 N–H and O–H groups in total. The smallest absolute Gasteiger partial charge is 0.322 e. The van der Waals surface area contributed by atoms with Gasteiger partial charge >= 0.3 is 5.97 Å². The van der Waals surface area contributed by atoms with Crippen LogP contribution in [-0.2, 0) is 9.53 Å². The minimum atomic E-state index is -0.169. The van der Waals surface area contributed by atoms with Gasteiger partial charge in [0.25, 0.3) is 0 Å². The first-order chi connectivity index (χ1) is 5.57. The third-order valence-electron chi connectivity index (χ3n) is 2.21. The van der Waals surface area contributed by atoms with E-state index in [-0.39, 0.29) is 17.6 Å². The average Bonchev–Trinajstić information content (AvgIpc) is 2.68. The molecular weight excluding hydrogens is 154 g/mol. The topological polar surface area (TPSA) is 38.3 Å². The minimum Gasteiger partial charge on any atom is -0.465 e. The van der Waals surface area contributed by atoms with Crippen molar-refractivity contribution in [2.24, 2.45) is 0 Å². The highest BCUT2D eigenvalue weighted by Crippen LogP contribution is 2.34. The fraction of sp³-hybridized carbons (Fsp3) is 0.889. The molecule has 0 aromatic heterocycles. The van der Waals surface area contributed by atoms with Gasteiger partial charge in [0.2, 0.25) is 0 Å². The molecule has 1 saturated carbocycles. The van der Waals surface area contributed by atoms with Gasteiger partial charge in [-0.1, -0.05) is 0 Å². The third kappa shape index (κ3) is 2.48. The second-order valence-corrected chi connectivity index (χ2v) is 3.68. The normalized spacial score (nSPS) is 21.6. The lowest BCUT2D eigenvalue weighted by Crippen LogP contribution is -2.42. The molecule has 1 aliphatic carbocycles. The van der Waals surface area contributed by atoms with E-state index in [1.807, 2.05) is 13.8 Å². The lowest BCUT2D eigenvalue weighted by molar-refractivity contribution is -0.145. The molecular formula is C9H17NO2. The standard InChI is InChI=1S/C9H17NO2/c1-4-12-8(11)7(2)10-9(3)5-6-9/h7,10H,4-6H2,1-3H3. The van der Waals surface area contributed by atoms with Gasteiger partial charge < -0.3 is 4.74 Å². The van der Waals surface area contributed by atoms with Crippen LogP contribution >= 0.6 is 0 Å². The van der Waals surface area contributed by atoms with Crippen molar-refractivity contribution in [2.45, 2.75) is 45.2 Å². The van der Waals surface area contributed by atoms with Crippen LogP contribution in [0.1, 0.15) is 33.6 Å². The van der Waals surface area contributed by atoms with E-state index in [1.165, 1.54) is 0 Å². The van der Waals surface area contributed by atoms with Crippen molar-refractivity contribution in [3.05, 3.63) is 0 Å². The highest BCUT2D eigenvalue weighted by Gasteiger charge is 2.39. The van der Waals surface area contributed by atoms with Crippen LogP contribution in [0.15, 0.2) is 0 Å². The first-order valence-corrected chi connectivity index (χ1v) is 4.52. The molecule has 1 rings (SSSR count). The number of hydrogen-bond acceptors (Lipinski definition) is 3. The molecule has 1 aliphatic rings. The quantitative estimate of drug-likeness (QED) is 0.643. The number of carbonyl (C=O) groups excluding carboxylic acids is 1. The Hall–Kier alpha value is -0.570. The second-order valence-electron chi connectivity index (χ2n) is 3.68. The Morgan fingerprint density at radius 1 is 1.67 bits per heavy atom. The van der Waals surface area contributed by atoms with Crippen molar-refractivity contribution >= 4 is 5.97 Å². The lowest BCUT2D eigenvalue weighted by atomic mass is 10.2. The Bertz CT molecular complexity index is 175. The van der Waals surface area contributed by atoms with Crippen molar-refractivity contribution in [1.82, 2.24) is 5.32 Å². The van der Waals surface area contributed by atoms with Gasteiger partial charge in [0, 0.05) is 5.54 Å². The molecule has 0 amide bonds. The molecule has 0 spiro atoms. The monoisotopic (exact) mass is 171 g/mol. The molecule has 1 atom stereocenters. The van der Waals surface area contributed by atoms with Crippen LogP contribution in [0, 0.1) is 0 Å². The molecule has 0 aromatic carbocycles. The van der Waals surface area contributed by atoms with E-state index in [9.17, 15) is 4.79 Å². The summed E-state index contributed by atoms with van der Waals surface area (Å²) in [6.07, 6.45) is 2.33. The fourth-order valence-corrected chi connectivity index (χ4v) is 1.18. The van der Waals surface area contributed by atoms with Crippen LogP contribution < -0.4 is 5.32 Å². The van der Waals surface area contributed by atoms with E-state index in [0.717, 1.165) is 12.8 Å². The second kappa shape index (κ2) is 3.44. The maximum atomic E-state index is 11.2. The number of esters is 1. The number of ether oxygens (including phenoxy) is 1. The van der Waals surface area contributed by atoms with Gasteiger partial charge in [-0.15, -0.1) is 0 Å². The molecule has 3 nitrogen and oxygen atoms in total. The van der Waals surface area contributed by atoms with E-state index >= 15 is 0 Å². The predicted molar refractivity (Wildman–Crippen MR) is 46.9 cm³/mol. The lowest BCUT2D eigenvalue weighted by Gasteiger charge is -2.17. The predicted octanol–water partition coefficient (Wildman–Crippen LogP) is 1.08. The average molecular weight is 171 g/mol. The highest BCUT2D eigenvalue weighted by atomic mass is 16.5. The van der Waals surface area contributed by atoms with Gasteiger partial charge in [-0.25, -0.2) is 0 Å². The zero-order chi connectivity index (χ0) is 9.19. The van der Waals surface area contributed by atoms with Gasteiger partial charge in [0.1, 0.15) is 6.04 Å². The number of rotatable bonds is 4. The van der Waals surface area contributed by atoms with Crippen LogP contribution in [-0.4, -0.2) is 24.2 Å². The Labute approximate surface area is 73.5 Å². The molecule has 0 aromatic rings. The first kappa shape index (κ1) is 9.52. The number of hydrogen-bond donors (Lipinski definition) is 1. The van der Waals surface area contributed by atoms with Gasteiger partial charge in [-0.2, -0.15) is 0 Å². The molecule has 0 saturated heterocycles. The molecule has 70 valence electrons. The third-order valence-corrected chi connectivity index (χ3v) is 2.21. The molecule has 0 bridgehead atoms. The van der Waals surface area contributed by atoms with Crippen molar-refractivity contribution in [2.75, 3.05) is 6.61 Å². The van der Waals surface area contributed by atoms with Crippen molar-refractivity contribution in [1.29, 1.82) is 0 Å². The Morgan fingerprint density at radius 2 is 2.25 bits per heavy atom. The summed E-state index contributed by atoms with van der Waals surface area (Å²) in [6, 6.07) is -0.169. The molecule has 0 aliphatic heterocycles. The SMILES string of the molecule is CCOC(=O)C(C)NC1(C)CC1. The van der Waals surface area contributed by atoms with Gasteiger partial charge in [0.15, 0.2) is 0 Å². The van der Waals surface area contributed by atoms with E-state index in [4.69, 9.17) is 4.74 Å². The summed E-state index contributed by atoms with van der Waals surface area (Å²) in [4.78, 5) is 11.2. The van der Waals surface area contributed by atoms with Gasteiger partial charge in [-0.05, 0) is 33.6 Å². The molecule has 1 unspecified atom stereocenters. The summed E-state index contributed by atoms with van der Waals surface area (Å²) in [6.45, 7) is 6.26. The summed E-state index contributed by atoms with van der Waals surface area (Å²) in [5.41, 5.74) is 0.201. The van der Waals surface area contributed by atoms with E-state index in [1.54, 1.807) is 0 Å². The van der Waals surface area contributed by atoms with Crippen molar-refractivity contribution < 1.29 is 9.53 Å². The first-order valence-electron chi connectivity index (χ1n) is 4.52. The summed E-state index contributed by atoms with van der Waals surface area (Å²) in [7, 11) is 0. The van der Waals surface area contributed by atoms with Crippen LogP contribution in [0.3, 0.4) is 0 Å². The molecule has 0 radical (unpaired) electrons. The Balaban J connectivity index is 2.27. The van der Waals surface area contributed by atoms with Crippen LogP contribution in [0.2, 0.25) is 0 Å². The van der Waals surface area contributed by atoms with Gasteiger partial charge in [0.05, 0.1) is 6.61 Å². The number of carbonyl (C=O) groups is 1. The van der Waals surface area contributed by atoms with Gasteiger partial charge in [-0.3, -0.25) is 10.1 Å². The molecule has 12 heavy (non-hydrogen) atoms. The number of nitrogens with one attached hydrogen (secondary N) is 1. The van der Waals surface area contributed by atoms with Crippen molar-refractivity contribution in [3.8, 4) is 0 Å². The van der Waals surface area contributed by atoms with E-state index in [2.05, 4.69) is 12.2 Å². The maximum absolute atomic E-state index is 11.2. The fourth-order valence-electron chi connectivity index (χ4n) is 1.18. The molecule has 3 heteroatoms. The van der Waals surface area contributed by atoms with E-state index in [0.29, 0.717) is 6.61 Å². The maximum Gasteiger partial charge on any atom is 0.322 e. The minimum absolute atomic E-state index is 0.148. The van der Waals surface area contributed by atoms with Crippen LogP contribution in [0.4, 0.5) is 0 Å². The van der Waals surface area contributed by atoms with E-state index < -0.39 is 0 Å². The summed E-state index contributed by atoms with van der Waals surface area (Å²) in [5.74, 6) is -0.148. The largest absolute Gasteiger partial charge is 0.465 e. The zero-order valence-electron chi connectivity index (χ0n) is 8.02. The summed E-state index contributed by atoms with van der Waals surface area (Å²) < 4.78 is 4.88. The zero-order valence-corrected chi connectivity index (χ0v) is 8.02.